The number of rotatable bonds is 7. The molecule has 6 nitrogen and oxygen atoms in total. The first-order valence-corrected chi connectivity index (χ1v) is 11.5. The Kier molecular flexibility index (Phi) is 7.83. The predicted octanol–water partition coefficient (Wildman–Crippen LogP) is 4.76. The van der Waals surface area contributed by atoms with E-state index in [4.69, 9.17) is 0 Å². The smallest absolute Gasteiger partial charge is 0.346 e. The third-order valence-electron chi connectivity index (χ3n) is 4.42. The molecule has 0 aliphatic carbocycles. The van der Waals surface area contributed by atoms with E-state index in [1.165, 1.54) is 19.1 Å². The predicted molar refractivity (Wildman–Crippen MR) is 114 cm³/mol. The van der Waals surface area contributed by atoms with Gasteiger partial charge in [-0.15, -0.1) is 0 Å². The molecule has 0 aliphatic rings. The highest BCUT2D eigenvalue weighted by molar-refractivity contribution is 7.92. The standard InChI is InChI=1S/C21H22F5N3O3S/c1-11(2)19-13(5-7-17(28-19)21(24,25)26)6-8-18(30)27-12(3)14-9-15(22)20(16(23)10-14)29-33(4,31)32/h5-12,29H,1-4H3,(H,27,30)/b8-6-. The van der Waals surface area contributed by atoms with Gasteiger partial charge in [-0.05, 0) is 48.2 Å². The molecule has 0 bridgehead atoms. The lowest BCUT2D eigenvalue weighted by atomic mass is 10.0. The lowest BCUT2D eigenvalue weighted by Crippen LogP contribution is -2.25. The highest BCUT2D eigenvalue weighted by Gasteiger charge is 2.33. The van der Waals surface area contributed by atoms with Gasteiger partial charge in [0.15, 0.2) is 11.6 Å². The molecule has 2 N–H and O–H groups in total. The molecular weight excluding hydrogens is 469 g/mol. The van der Waals surface area contributed by atoms with E-state index in [0.29, 0.717) is 5.56 Å². The van der Waals surface area contributed by atoms with Crippen LogP contribution in [0.2, 0.25) is 0 Å². The van der Waals surface area contributed by atoms with E-state index in [1.807, 2.05) is 0 Å². The monoisotopic (exact) mass is 491 g/mol. The molecule has 1 aromatic carbocycles. The summed E-state index contributed by atoms with van der Waals surface area (Å²) < 4.78 is 91.2. The Labute approximate surface area is 188 Å². The summed E-state index contributed by atoms with van der Waals surface area (Å²) in [6, 6.07) is 2.90. The Morgan fingerprint density at radius 3 is 2.15 bits per heavy atom. The lowest BCUT2D eigenvalue weighted by molar-refractivity contribution is -0.141. The number of amides is 1. The van der Waals surface area contributed by atoms with Crippen LogP contribution in [0.3, 0.4) is 0 Å². The number of pyridine rings is 1. The minimum atomic E-state index is -4.60. The first-order valence-electron chi connectivity index (χ1n) is 9.62. The maximum absolute atomic E-state index is 14.2. The molecule has 0 saturated carbocycles. The van der Waals surface area contributed by atoms with Crippen LogP contribution in [0.25, 0.3) is 6.08 Å². The number of hydrogen-bond acceptors (Lipinski definition) is 4. The maximum Gasteiger partial charge on any atom is 0.433 e. The molecular formula is C21H22F5N3O3S. The number of sulfonamides is 1. The summed E-state index contributed by atoms with van der Waals surface area (Å²) in [7, 11) is -3.91. The normalized spacial score (nSPS) is 13.4. The van der Waals surface area contributed by atoms with Crippen LogP contribution in [-0.2, 0) is 21.0 Å². The number of halogens is 5. The molecule has 0 spiro atoms. The first kappa shape index (κ1) is 26.2. The zero-order valence-electron chi connectivity index (χ0n) is 18.1. The van der Waals surface area contributed by atoms with Crippen molar-refractivity contribution in [1.82, 2.24) is 10.3 Å². The molecule has 0 saturated heterocycles. The zero-order chi connectivity index (χ0) is 25.1. The van der Waals surface area contributed by atoms with Crippen molar-refractivity contribution < 1.29 is 35.2 Å². The fourth-order valence-electron chi connectivity index (χ4n) is 2.88. The summed E-state index contributed by atoms with van der Waals surface area (Å²) in [6.45, 7) is 4.77. The van der Waals surface area contributed by atoms with E-state index in [-0.39, 0.29) is 17.2 Å². The van der Waals surface area contributed by atoms with E-state index in [2.05, 4.69) is 10.3 Å². The van der Waals surface area contributed by atoms with Crippen LogP contribution >= 0.6 is 0 Å². The summed E-state index contributed by atoms with van der Waals surface area (Å²) in [5.41, 5.74) is -1.38. The third-order valence-corrected chi connectivity index (χ3v) is 4.99. The molecule has 1 atom stereocenters. The van der Waals surface area contributed by atoms with Gasteiger partial charge in [0.05, 0.1) is 18.0 Å². The van der Waals surface area contributed by atoms with Crippen molar-refractivity contribution in [3.05, 3.63) is 64.5 Å². The van der Waals surface area contributed by atoms with Gasteiger partial charge in [-0.1, -0.05) is 19.9 Å². The largest absolute Gasteiger partial charge is 0.433 e. The Morgan fingerprint density at radius 2 is 1.67 bits per heavy atom. The van der Waals surface area contributed by atoms with Crippen molar-refractivity contribution in [1.29, 1.82) is 0 Å². The third kappa shape index (κ3) is 7.24. The molecule has 2 rings (SSSR count). The van der Waals surface area contributed by atoms with Crippen molar-refractivity contribution in [2.24, 2.45) is 0 Å². The number of benzene rings is 1. The maximum atomic E-state index is 14.2. The molecule has 2 aromatic rings. The number of carbonyl (C=O) groups excluding carboxylic acids is 1. The molecule has 1 amide bonds. The number of nitrogens with one attached hydrogen (secondary N) is 2. The van der Waals surface area contributed by atoms with Gasteiger partial charge in [0.2, 0.25) is 15.9 Å². The van der Waals surface area contributed by atoms with Crippen LogP contribution in [0.15, 0.2) is 30.3 Å². The van der Waals surface area contributed by atoms with Crippen LogP contribution in [0.1, 0.15) is 55.2 Å². The van der Waals surface area contributed by atoms with Crippen LogP contribution < -0.4 is 10.0 Å². The van der Waals surface area contributed by atoms with E-state index >= 15 is 0 Å². The van der Waals surface area contributed by atoms with Gasteiger partial charge >= 0.3 is 6.18 Å². The first-order chi connectivity index (χ1) is 15.1. The SMILES string of the molecule is CC(C)c1nc(C(F)(F)F)ccc1/C=C\C(=O)NC(C)c1cc(F)c(NS(C)(=O)=O)c(F)c1. The molecule has 1 aromatic heterocycles. The molecule has 33 heavy (non-hydrogen) atoms. The fraction of sp³-hybridized carbons (Fsp3) is 0.333. The van der Waals surface area contributed by atoms with E-state index in [1.54, 1.807) is 18.6 Å². The summed E-state index contributed by atoms with van der Waals surface area (Å²) in [5.74, 6) is -3.34. The summed E-state index contributed by atoms with van der Waals surface area (Å²) in [4.78, 5) is 15.9. The van der Waals surface area contributed by atoms with Gasteiger partial charge in [0, 0.05) is 6.08 Å². The van der Waals surface area contributed by atoms with E-state index in [9.17, 15) is 35.2 Å². The quantitative estimate of drug-likeness (QED) is 0.432. The minimum Gasteiger partial charge on any atom is -0.346 e. The van der Waals surface area contributed by atoms with Crippen LogP contribution in [0.5, 0.6) is 0 Å². The average Bonchev–Trinajstić information content (AvgIpc) is 2.67. The highest BCUT2D eigenvalue weighted by atomic mass is 32.2. The molecule has 12 heteroatoms. The second kappa shape index (κ2) is 9.86. The minimum absolute atomic E-state index is 0.0323. The van der Waals surface area contributed by atoms with Crippen LogP contribution in [0.4, 0.5) is 27.6 Å². The molecule has 1 heterocycles. The number of hydrogen-bond donors (Lipinski definition) is 2. The second-order valence-electron chi connectivity index (χ2n) is 7.62. The van der Waals surface area contributed by atoms with E-state index < -0.39 is 51.2 Å². The van der Waals surface area contributed by atoms with Crippen molar-refractivity contribution in [3.63, 3.8) is 0 Å². The van der Waals surface area contributed by atoms with Gasteiger partial charge in [0.25, 0.3) is 0 Å². The molecule has 0 radical (unpaired) electrons. The second-order valence-corrected chi connectivity index (χ2v) is 9.37. The molecule has 1 unspecified atom stereocenters. The van der Waals surface area contributed by atoms with Gasteiger partial charge in [-0.3, -0.25) is 9.52 Å². The van der Waals surface area contributed by atoms with Gasteiger partial charge in [-0.2, -0.15) is 13.2 Å². The molecule has 0 fully saturated rings. The van der Waals surface area contributed by atoms with Crippen molar-refractivity contribution in [3.8, 4) is 0 Å². The average molecular weight is 491 g/mol. The Hall–Kier alpha value is -3.02. The van der Waals surface area contributed by atoms with Crippen molar-refractivity contribution in [2.45, 2.75) is 38.9 Å². The van der Waals surface area contributed by atoms with E-state index in [0.717, 1.165) is 30.5 Å². The Balaban J connectivity index is 2.19. The summed E-state index contributed by atoms with van der Waals surface area (Å²) >= 11 is 0. The van der Waals surface area contributed by atoms with Gasteiger partial charge < -0.3 is 5.32 Å². The van der Waals surface area contributed by atoms with Crippen molar-refractivity contribution >= 4 is 27.7 Å². The van der Waals surface area contributed by atoms with Crippen molar-refractivity contribution in [2.75, 3.05) is 11.0 Å². The summed E-state index contributed by atoms with van der Waals surface area (Å²) in [5, 5.41) is 2.47. The van der Waals surface area contributed by atoms with Crippen LogP contribution in [-0.4, -0.2) is 25.6 Å². The summed E-state index contributed by atoms with van der Waals surface area (Å²) in [6.07, 6.45) is -1.49. The number of aromatic nitrogens is 1. The molecule has 180 valence electrons. The Morgan fingerprint density at radius 1 is 1.09 bits per heavy atom. The number of alkyl halides is 3. The fourth-order valence-corrected chi connectivity index (χ4v) is 3.45. The Bertz CT molecular complexity index is 1160. The topological polar surface area (TPSA) is 88.2 Å². The number of anilines is 1. The number of carbonyl (C=O) groups is 1. The lowest BCUT2D eigenvalue weighted by Gasteiger charge is -2.16. The van der Waals surface area contributed by atoms with Crippen LogP contribution in [0, 0.1) is 11.6 Å². The zero-order valence-corrected chi connectivity index (χ0v) is 18.9. The molecule has 0 aliphatic heterocycles. The van der Waals surface area contributed by atoms with Gasteiger partial charge in [0.1, 0.15) is 11.4 Å². The highest BCUT2D eigenvalue weighted by Crippen LogP contribution is 2.30. The van der Waals surface area contributed by atoms with Gasteiger partial charge in [-0.25, -0.2) is 22.2 Å². The number of nitrogens with zero attached hydrogens (tertiary/aromatic N) is 1.